The predicted octanol–water partition coefficient (Wildman–Crippen LogP) is 1.83. The van der Waals surface area contributed by atoms with Crippen LogP contribution in [0.2, 0.25) is 0 Å². The van der Waals surface area contributed by atoms with Crippen LogP contribution in [-0.2, 0) is 26.4 Å². The minimum absolute atomic E-state index is 0.258. The Hall–Kier alpha value is -1.55. The van der Waals surface area contributed by atoms with E-state index in [1.54, 1.807) is 0 Å². The van der Waals surface area contributed by atoms with E-state index in [1.165, 1.54) is 11.3 Å². The Balaban J connectivity index is 1.72. The van der Waals surface area contributed by atoms with Crippen LogP contribution in [0.3, 0.4) is 0 Å². The summed E-state index contributed by atoms with van der Waals surface area (Å²) < 4.78 is 4.12. The van der Waals surface area contributed by atoms with Gasteiger partial charge in [0.05, 0.1) is 6.10 Å². The van der Waals surface area contributed by atoms with E-state index in [2.05, 4.69) is 28.1 Å². The van der Waals surface area contributed by atoms with Gasteiger partial charge in [-0.2, -0.15) is 5.10 Å². The summed E-state index contributed by atoms with van der Waals surface area (Å²) in [5.41, 5.74) is 3.69. The molecular formula is C14H19N3O. The molecule has 2 aromatic rings. The molecule has 0 aromatic carbocycles. The zero-order valence-electron chi connectivity index (χ0n) is 10.7. The van der Waals surface area contributed by atoms with E-state index >= 15 is 0 Å². The molecule has 0 radical (unpaired) electrons. The third-order valence-corrected chi connectivity index (χ3v) is 3.83. The molecule has 0 spiro atoms. The Morgan fingerprint density at radius 1 is 1.44 bits per heavy atom. The quantitative estimate of drug-likeness (QED) is 0.896. The van der Waals surface area contributed by atoms with Gasteiger partial charge in [-0.1, -0.05) is 0 Å². The lowest BCUT2D eigenvalue weighted by atomic mass is 9.93. The Labute approximate surface area is 107 Å². The van der Waals surface area contributed by atoms with Crippen LogP contribution in [0, 0.1) is 0 Å². The SMILES string of the molecule is Cn1nccc1CCn1cc2c(c1)C(O)CCC2. The summed E-state index contributed by atoms with van der Waals surface area (Å²) in [6, 6.07) is 2.05. The molecule has 2 heterocycles. The van der Waals surface area contributed by atoms with Crippen LogP contribution in [-0.4, -0.2) is 19.5 Å². The minimum Gasteiger partial charge on any atom is -0.388 e. The molecule has 1 aliphatic carbocycles. The van der Waals surface area contributed by atoms with Crippen molar-refractivity contribution in [3.8, 4) is 0 Å². The predicted molar refractivity (Wildman–Crippen MR) is 69.2 cm³/mol. The molecule has 1 unspecified atom stereocenters. The Morgan fingerprint density at radius 3 is 3.06 bits per heavy atom. The van der Waals surface area contributed by atoms with Gasteiger partial charge < -0.3 is 9.67 Å². The zero-order valence-corrected chi connectivity index (χ0v) is 10.7. The number of aromatic nitrogens is 3. The van der Waals surface area contributed by atoms with Gasteiger partial charge >= 0.3 is 0 Å². The summed E-state index contributed by atoms with van der Waals surface area (Å²) in [5, 5.41) is 14.1. The van der Waals surface area contributed by atoms with Crippen LogP contribution in [0.4, 0.5) is 0 Å². The average Bonchev–Trinajstić information content (AvgIpc) is 2.93. The van der Waals surface area contributed by atoms with Crippen LogP contribution in [0.5, 0.6) is 0 Å². The maximum atomic E-state index is 9.94. The van der Waals surface area contributed by atoms with Crippen LogP contribution >= 0.6 is 0 Å². The summed E-state index contributed by atoms with van der Waals surface area (Å²) in [5.74, 6) is 0. The fourth-order valence-electron chi connectivity index (χ4n) is 2.74. The number of hydrogen-bond donors (Lipinski definition) is 1. The van der Waals surface area contributed by atoms with E-state index in [0.717, 1.165) is 37.8 Å². The molecule has 0 bridgehead atoms. The van der Waals surface area contributed by atoms with Crippen LogP contribution in [0.15, 0.2) is 24.7 Å². The van der Waals surface area contributed by atoms with Crippen LogP contribution < -0.4 is 0 Å². The van der Waals surface area contributed by atoms with E-state index in [-0.39, 0.29) is 6.10 Å². The first-order valence-electron chi connectivity index (χ1n) is 6.57. The second-order valence-electron chi connectivity index (χ2n) is 5.08. The van der Waals surface area contributed by atoms with Gasteiger partial charge in [0, 0.05) is 49.9 Å². The summed E-state index contributed by atoms with van der Waals surface area (Å²) in [6.07, 6.45) is 9.94. The number of rotatable bonds is 3. The third-order valence-electron chi connectivity index (χ3n) is 3.83. The molecule has 4 nitrogen and oxygen atoms in total. The molecule has 0 saturated heterocycles. The highest BCUT2D eigenvalue weighted by atomic mass is 16.3. The maximum absolute atomic E-state index is 9.94. The molecule has 1 atom stereocenters. The maximum Gasteiger partial charge on any atom is 0.0807 e. The summed E-state index contributed by atoms with van der Waals surface area (Å²) in [6.45, 7) is 0.944. The zero-order chi connectivity index (χ0) is 12.5. The molecule has 2 aromatic heterocycles. The van der Waals surface area contributed by atoms with Crippen molar-refractivity contribution in [2.75, 3.05) is 0 Å². The molecule has 0 amide bonds. The first kappa shape index (κ1) is 11.5. The number of hydrogen-bond acceptors (Lipinski definition) is 2. The van der Waals surface area contributed by atoms with Gasteiger partial charge in [0.25, 0.3) is 0 Å². The van der Waals surface area contributed by atoms with Crippen molar-refractivity contribution in [1.82, 2.24) is 14.3 Å². The highest BCUT2D eigenvalue weighted by molar-refractivity contribution is 5.29. The molecular weight excluding hydrogens is 226 g/mol. The Morgan fingerprint density at radius 2 is 2.33 bits per heavy atom. The monoisotopic (exact) mass is 245 g/mol. The van der Waals surface area contributed by atoms with Crippen LogP contribution in [0.25, 0.3) is 0 Å². The molecule has 0 fully saturated rings. The fraction of sp³-hybridized carbons (Fsp3) is 0.500. The van der Waals surface area contributed by atoms with E-state index in [1.807, 2.05) is 17.9 Å². The van der Waals surface area contributed by atoms with Crippen molar-refractivity contribution < 1.29 is 5.11 Å². The lowest BCUT2D eigenvalue weighted by Gasteiger charge is -2.16. The smallest absolute Gasteiger partial charge is 0.0807 e. The lowest BCUT2D eigenvalue weighted by Crippen LogP contribution is -2.05. The topological polar surface area (TPSA) is 43.0 Å². The first-order valence-corrected chi connectivity index (χ1v) is 6.57. The Kier molecular flexibility index (Phi) is 2.96. The average molecular weight is 245 g/mol. The van der Waals surface area contributed by atoms with Gasteiger partial charge in [-0.25, -0.2) is 0 Å². The highest BCUT2D eigenvalue weighted by Crippen LogP contribution is 2.30. The van der Waals surface area contributed by atoms with E-state index < -0.39 is 0 Å². The van der Waals surface area contributed by atoms with Gasteiger partial charge in [0.2, 0.25) is 0 Å². The van der Waals surface area contributed by atoms with Crippen LogP contribution in [0.1, 0.15) is 35.8 Å². The second-order valence-corrected chi connectivity index (χ2v) is 5.08. The summed E-state index contributed by atoms with van der Waals surface area (Å²) in [7, 11) is 1.97. The molecule has 96 valence electrons. The summed E-state index contributed by atoms with van der Waals surface area (Å²) >= 11 is 0. The van der Waals surface area contributed by atoms with E-state index in [0.29, 0.717) is 0 Å². The van der Waals surface area contributed by atoms with Crippen molar-refractivity contribution in [3.05, 3.63) is 41.5 Å². The van der Waals surface area contributed by atoms with Gasteiger partial charge in [-0.15, -0.1) is 0 Å². The van der Waals surface area contributed by atoms with E-state index in [9.17, 15) is 5.11 Å². The number of aryl methyl sites for hydroxylation is 4. The van der Waals surface area contributed by atoms with Gasteiger partial charge in [-0.05, 0) is 30.9 Å². The second kappa shape index (κ2) is 4.61. The van der Waals surface area contributed by atoms with Crippen molar-refractivity contribution in [2.45, 2.75) is 38.3 Å². The largest absolute Gasteiger partial charge is 0.388 e. The van der Waals surface area contributed by atoms with Crippen molar-refractivity contribution >= 4 is 0 Å². The normalized spacial score (nSPS) is 18.9. The van der Waals surface area contributed by atoms with Gasteiger partial charge in [0.15, 0.2) is 0 Å². The Bertz CT molecular complexity index is 541. The summed E-state index contributed by atoms with van der Waals surface area (Å²) in [4.78, 5) is 0. The fourth-order valence-corrected chi connectivity index (χ4v) is 2.74. The molecule has 1 N–H and O–H groups in total. The van der Waals surface area contributed by atoms with Gasteiger partial charge in [0.1, 0.15) is 0 Å². The van der Waals surface area contributed by atoms with Crippen molar-refractivity contribution in [3.63, 3.8) is 0 Å². The molecule has 4 heteroatoms. The number of nitrogens with zero attached hydrogens (tertiary/aromatic N) is 3. The number of aliphatic hydroxyl groups is 1. The highest BCUT2D eigenvalue weighted by Gasteiger charge is 2.19. The van der Waals surface area contributed by atoms with E-state index in [4.69, 9.17) is 0 Å². The number of aliphatic hydroxyl groups excluding tert-OH is 1. The van der Waals surface area contributed by atoms with Gasteiger partial charge in [-0.3, -0.25) is 4.68 Å². The standard InChI is InChI=1S/C14H19N3O/c1-16-12(5-7-15-16)6-8-17-9-11-3-2-4-14(18)13(11)10-17/h5,7,9-10,14,18H,2-4,6,8H2,1H3. The molecule has 0 saturated carbocycles. The minimum atomic E-state index is -0.258. The molecule has 3 rings (SSSR count). The molecule has 18 heavy (non-hydrogen) atoms. The first-order chi connectivity index (χ1) is 8.74. The van der Waals surface area contributed by atoms with Crippen molar-refractivity contribution in [2.24, 2.45) is 7.05 Å². The molecule has 1 aliphatic rings. The third kappa shape index (κ3) is 2.08. The number of fused-ring (bicyclic) bond motifs is 1. The van der Waals surface area contributed by atoms with Crippen molar-refractivity contribution in [1.29, 1.82) is 0 Å². The molecule has 0 aliphatic heterocycles. The lowest BCUT2D eigenvalue weighted by molar-refractivity contribution is 0.157.